The number of hydrogen-bond donors (Lipinski definition) is 1. The zero-order valence-corrected chi connectivity index (χ0v) is 10.3. The molecule has 0 radical (unpaired) electrons. The van der Waals surface area contributed by atoms with Crippen molar-refractivity contribution in [3.8, 4) is 0 Å². The molecule has 0 bridgehead atoms. The molecular formula is C16H13FN2. The molecule has 0 spiro atoms. The summed E-state index contributed by atoms with van der Waals surface area (Å²) in [5.41, 5.74) is 7.81. The third-order valence-electron chi connectivity index (χ3n) is 3.20. The Morgan fingerprint density at radius 1 is 0.947 bits per heavy atom. The monoisotopic (exact) mass is 252 g/mol. The normalized spacial score (nSPS) is 12.5. The van der Waals surface area contributed by atoms with E-state index in [9.17, 15) is 4.39 Å². The van der Waals surface area contributed by atoms with Gasteiger partial charge in [0.15, 0.2) is 0 Å². The molecule has 1 unspecified atom stereocenters. The van der Waals surface area contributed by atoms with Crippen LogP contribution in [-0.4, -0.2) is 4.98 Å². The van der Waals surface area contributed by atoms with Gasteiger partial charge in [-0.25, -0.2) is 4.39 Å². The van der Waals surface area contributed by atoms with E-state index in [4.69, 9.17) is 5.73 Å². The third-order valence-corrected chi connectivity index (χ3v) is 3.20. The van der Waals surface area contributed by atoms with Gasteiger partial charge < -0.3 is 5.73 Å². The summed E-state index contributed by atoms with van der Waals surface area (Å²) in [6.45, 7) is 0. The van der Waals surface area contributed by atoms with Crippen molar-refractivity contribution < 1.29 is 4.39 Å². The van der Waals surface area contributed by atoms with Gasteiger partial charge in [-0.1, -0.05) is 36.4 Å². The van der Waals surface area contributed by atoms with Crippen LogP contribution in [0.25, 0.3) is 10.8 Å². The van der Waals surface area contributed by atoms with Crippen LogP contribution in [0.1, 0.15) is 17.3 Å². The molecule has 0 aliphatic heterocycles. The molecule has 3 heteroatoms. The highest BCUT2D eigenvalue weighted by Gasteiger charge is 2.10. The lowest BCUT2D eigenvalue weighted by Gasteiger charge is -2.12. The van der Waals surface area contributed by atoms with Gasteiger partial charge in [0.2, 0.25) is 0 Å². The molecular weight excluding hydrogens is 239 g/mol. The minimum atomic E-state index is -0.352. The van der Waals surface area contributed by atoms with E-state index in [2.05, 4.69) is 11.1 Å². The molecule has 0 saturated carbocycles. The Bertz CT molecular complexity index is 707. The van der Waals surface area contributed by atoms with Crippen LogP contribution < -0.4 is 5.73 Å². The fourth-order valence-electron chi connectivity index (χ4n) is 2.14. The second-order valence-corrected chi connectivity index (χ2v) is 4.49. The molecule has 94 valence electrons. The van der Waals surface area contributed by atoms with Crippen LogP contribution in [-0.2, 0) is 0 Å². The number of nitrogens with zero attached hydrogens (tertiary/aromatic N) is 1. The molecule has 0 aliphatic carbocycles. The zero-order chi connectivity index (χ0) is 13.2. The number of hydrogen-bond acceptors (Lipinski definition) is 2. The van der Waals surface area contributed by atoms with Gasteiger partial charge in [-0.3, -0.25) is 4.98 Å². The second kappa shape index (κ2) is 4.78. The first-order chi connectivity index (χ1) is 9.24. The number of pyridine rings is 1. The molecule has 0 saturated heterocycles. The molecule has 0 amide bonds. The van der Waals surface area contributed by atoms with Gasteiger partial charge in [0, 0.05) is 0 Å². The highest BCUT2D eigenvalue weighted by molar-refractivity contribution is 5.83. The van der Waals surface area contributed by atoms with Crippen molar-refractivity contribution in [1.29, 1.82) is 0 Å². The first-order valence-electron chi connectivity index (χ1n) is 6.10. The average Bonchev–Trinajstić information content (AvgIpc) is 2.47. The highest BCUT2D eigenvalue weighted by atomic mass is 19.1. The van der Waals surface area contributed by atoms with Crippen molar-refractivity contribution in [3.05, 3.63) is 77.9 Å². The van der Waals surface area contributed by atoms with E-state index < -0.39 is 0 Å². The number of rotatable bonds is 2. The minimum Gasteiger partial charge on any atom is -0.319 e. The lowest BCUT2D eigenvalue weighted by Crippen LogP contribution is -2.13. The molecule has 0 fully saturated rings. The van der Waals surface area contributed by atoms with Crippen molar-refractivity contribution in [3.63, 3.8) is 0 Å². The predicted molar refractivity (Wildman–Crippen MR) is 74.2 cm³/mol. The van der Waals surface area contributed by atoms with E-state index in [0.29, 0.717) is 5.69 Å². The van der Waals surface area contributed by atoms with Gasteiger partial charge >= 0.3 is 0 Å². The van der Waals surface area contributed by atoms with Gasteiger partial charge in [0.25, 0.3) is 0 Å². The van der Waals surface area contributed by atoms with E-state index in [1.165, 1.54) is 17.6 Å². The largest absolute Gasteiger partial charge is 0.319 e. The van der Waals surface area contributed by atoms with Crippen molar-refractivity contribution in [2.75, 3.05) is 0 Å². The van der Waals surface area contributed by atoms with Gasteiger partial charge in [-0.2, -0.15) is 0 Å². The Balaban J connectivity index is 2.01. The Labute approximate surface area is 110 Å². The summed E-state index contributed by atoms with van der Waals surface area (Å²) in [5.74, 6) is -0.352. The summed E-state index contributed by atoms with van der Waals surface area (Å²) < 4.78 is 12.9. The zero-order valence-electron chi connectivity index (χ0n) is 10.3. The molecule has 1 atom stereocenters. The topological polar surface area (TPSA) is 38.9 Å². The SMILES string of the molecule is NC(c1ccc2ccccc2c1)c1ccc(F)cn1. The lowest BCUT2D eigenvalue weighted by molar-refractivity contribution is 0.617. The Morgan fingerprint density at radius 2 is 1.74 bits per heavy atom. The van der Waals surface area contributed by atoms with E-state index >= 15 is 0 Å². The minimum absolute atomic E-state index is 0.342. The van der Waals surface area contributed by atoms with Crippen LogP contribution in [0, 0.1) is 5.82 Å². The first kappa shape index (κ1) is 11.8. The van der Waals surface area contributed by atoms with Gasteiger partial charge in [0.1, 0.15) is 5.82 Å². The quantitative estimate of drug-likeness (QED) is 0.759. The van der Waals surface area contributed by atoms with Crippen molar-refractivity contribution in [1.82, 2.24) is 4.98 Å². The molecule has 3 rings (SSSR count). The molecule has 2 N–H and O–H groups in total. The van der Waals surface area contributed by atoms with E-state index in [1.807, 2.05) is 36.4 Å². The molecule has 2 nitrogen and oxygen atoms in total. The maximum Gasteiger partial charge on any atom is 0.141 e. The standard InChI is InChI=1S/C16H13FN2/c17-14-7-8-15(19-10-14)16(18)13-6-5-11-3-1-2-4-12(11)9-13/h1-10,16H,18H2. The first-order valence-corrected chi connectivity index (χ1v) is 6.10. The third kappa shape index (κ3) is 2.33. The van der Waals surface area contributed by atoms with Crippen LogP contribution in [0.5, 0.6) is 0 Å². The maximum atomic E-state index is 12.9. The van der Waals surface area contributed by atoms with Crippen LogP contribution in [0.2, 0.25) is 0 Å². The summed E-state index contributed by atoms with van der Waals surface area (Å²) in [7, 11) is 0. The van der Waals surface area contributed by atoms with Crippen LogP contribution >= 0.6 is 0 Å². The van der Waals surface area contributed by atoms with Crippen LogP contribution in [0.3, 0.4) is 0 Å². The molecule has 3 aromatic rings. The number of benzene rings is 2. The van der Waals surface area contributed by atoms with Crippen LogP contribution in [0.4, 0.5) is 4.39 Å². The summed E-state index contributed by atoms with van der Waals surface area (Å²) in [6.07, 6.45) is 1.19. The van der Waals surface area contributed by atoms with Crippen molar-refractivity contribution in [2.24, 2.45) is 5.73 Å². The molecule has 1 aromatic heterocycles. The smallest absolute Gasteiger partial charge is 0.141 e. The fraction of sp³-hybridized carbons (Fsp3) is 0.0625. The fourth-order valence-corrected chi connectivity index (χ4v) is 2.14. The highest BCUT2D eigenvalue weighted by Crippen LogP contribution is 2.22. The van der Waals surface area contributed by atoms with Gasteiger partial charge in [-0.15, -0.1) is 0 Å². The number of aromatic nitrogens is 1. The number of halogens is 1. The van der Waals surface area contributed by atoms with E-state index in [0.717, 1.165) is 10.9 Å². The summed E-state index contributed by atoms with van der Waals surface area (Å²) >= 11 is 0. The van der Waals surface area contributed by atoms with Crippen molar-refractivity contribution in [2.45, 2.75) is 6.04 Å². The Hall–Kier alpha value is -2.26. The Morgan fingerprint density at radius 3 is 2.47 bits per heavy atom. The van der Waals surface area contributed by atoms with Crippen molar-refractivity contribution >= 4 is 10.8 Å². The molecule has 19 heavy (non-hydrogen) atoms. The van der Waals surface area contributed by atoms with Crippen LogP contribution in [0.15, 0.2) is 60.8 Å². The number of fused-ring (bicyclic) bond motifs is 1. The Kier molecular flexibility index (Phi) is 2.97. The maximum absolute atomic E-state index is 12.9. The summed E-state index contributed by atoms with van der Waals surface area (Å²) in [4.78, 5) is 4.03. The molecule has 0 aliphatic rings. The second-order valence-electron chi connectivity index (χ2n) is 4.49. The van der Waals surface area contributed by atoms with E-state index in [1.54, 1.807) is 6.07 Å². The van der Waals surface area contributed by atoms with Gasteiger partial charge in [0.05, 0.1) is 17.9 Å². The lowest BCUT2D eigenvalue weighted by atomic mass is 10.00. The van der Waals surface area contributed by atoms with E-state index in [-0.39, 0.29) is 11.9 Å². The summed E-state index contributed by atoms with van der Waals surface area (Å²) in [5, 5.41) is 2.31. The average molecular weight is 252 g/mol. The van der Waals surface area contributed by atoms with Gasteiger partial charge in [-0.05, 0) is 34.5 Å². The molecule has 2 aromatic carbocycles. The number of nitrogens with two attached hydrogens (primary N) is 1. The predicted octanol–water partition coefficient (Wildman–Crippen LogP) is 3.42. The summed E-state index contributed by atoms with van der Waals surface area (Å²) in [6, 6.07) is 16.8. The molecule has 1 heterocycles.